The average Bonchev–Trinajstić information content (AvgIpc) is 2.42. The first-order valence-corrected chi connectivity index (χ1v) is 7.23. The molecule has 0 heterocycles. The van der Waals surface area contributed by atoms with Gasteiger partial charge in [-0.3, -0.25) is 4.79 Å². The van der Waals surface area contributed by atoms with Crippen LogP contribution in [-0.2, 0) is 9.53 Å². The number of carbonyl (C=O) groups is 2. The molecule has 1 aromatic rings. The van der Waals surface area contributed by atoms with Crippen LogP contribution in [0, 0.1) is 5.82 Å². The third kappa shape index (κ3) is 7.10. The lowest BCUT2D eigenvalue weighted by Crippen LogP contribution is -2.41. The Morgan fingerprint density at radius 2 is 2.04 bits per heavy atom. The fraction of sp³-hybridized carbons (Fsp3) is 0.500. The zero-order valence-electron chi connectivity index (χ0n) is 13.8. The van der Waals surface area contributed by atoms with Gasteiger partial charge in [-0.05, 0) is 38.5 Å². The van der Waals surface area contributed by atoms with E-state index >= 15 is 0 Å². The van der Waals surface area contributed by atoms with Gasteiger partial charge in [-0.25, -0.2) is 9.18 Å². The Morgan fingerprint density at radius 1 is 1.39 bits per heavy atom. The van der Waals surface area contributed by atoms with Gasteiger partial charge in [-0.15, -0.1) is 0 Å². The molecule has 1 unspecified atom stereocenters. The molecule has 23 heavy (non-hydrogen) atoms. The highest BCUT2D eigenvalue weighted by atomic mass is 19.1. The van der Waals surface area contributed by atoms with Crippen LogP contribution >= 0.6 is 0 Å². The smallest absolute Gasteiger partial charge is 0.410 e. The standard InChI is InChI=1S/C16H23FN2O4/c1-16(2,3)23-15(22)19(4)10-14(21)18-9-13(20)11-6-5-7-12(17)8-11/h5-8,13,20H,9-10H2,1-4H3,(H,18,21). The molecule has 0 spiro atoms. The van der Waals surface area contributed by atoms with Gasteiger partial charge in [0.15, 0.2) is 0 Å². The van der Waals surface area contributed by atoms with E-state index in [-0.39, 0.29) is 13.1 Å². The van der Waals surface area contributed by atoms with Crippen LogP contribution < -0.4 is 5.32 Å². The lowest BCUT2D eigenvalue weighted by Gasteiger charge is -2.24. The molecule has 0 saturated heterocycles. The molecule has 0 aliphatic carbocycles. The number of rotatable bonds is 5. The Balaban J connectivity index is 2.43. The molecule has 6 nitrogen and oxygen atoms in total. The molecule has 0 bridgehead atoms. The fourth-order valence-electron chi connectivity index (χ4n) is 1.72. The molecule has 2 amide bonds. The van der Waals surface area contributed by atoms with Crippen LogP contribution in [0.4, 0.5) is 9.18 Å². The Kier molecular flexibility index (Phi) is 6.50. The van der Waals surface area contributed by atoms with Gasteiger partial charge in [0.05, 0.1) is 6.10 Å². The van der Waals surface area contributed by atoms with Gasteiger partial charge in [0.1, 0.15) is 18.0 Å². The summed E-state index contributed by atoms with van der Waals surface area (Å²) in [5.41, 5.74) is -0.277. The minimum Gasteiger partial charge on any atom is -0.444 e. The van der Waals surface area contributed by atoms with Crippen molar-refractivity contribution in [2.45, 2.75) is 32.5 Å². The second kappa shape index (κ2) is 7.92. The lowest BCUT2D eigenvalue weighted by atomic mass is 10.1. The van der Waals surface area contributed by atoms with Crippen molar-refractivity contribution in [1.29, 1.82) is 0 Å². The molecule has 0 aliphatic heterocycles. The lowest BCUT2D eigenvalue weighted by molar-refractivity contribution is -0.122. The van der Waals surface area contributed by atoms with Crippen molar-refractivity contribution in [1.82, 2.24) is 10.2 Å². The highest BCUT2D eigenvalue weighted by molar-refractivity contribution is 5.82. The van der Waals surface area contributed by atoms with Crippen LogP contribution in [-0.4, -0.2) is 47.7 Å². The summed E-state index contributed by atoms with van der Waals surface area (Å²) in [4.78, 5) is 24.6. The van der Waals surface area contributed by atoms with Crippen LogP contribution in [0.15, 0.2) is 24.3 Å². The van der Waals surface area contributed by atoms with E-state index in [0.717, 1.165) is 4.90 Å². The van der Waals surface area contributed by atoms with Crippen LogP contribution in [0.5, 0.6) is 0 Å². The molecular formula is C16H23FN2O4. The van der Waals surface area contributed by atoms with Crippen LogP contribution in [0.2, 0.25) is 0 Å². The number of ether oxygens (including phenoxy) is 1. The zero-order valence-corrected chi connectivity index (χ0v) is 13.8. The van der Waals surface area contributed by atoms with E-state index in [0.29, 0.717) is 5.56 Å². The summed E-state index contributed by atoms with van der Waals surface area (Å²) in [7, 11) is 1.44. The molecule has 2 N–H and O–H groups in total. The summed E-state index contributed by atoms with van der Waals surface area (Å²) in [6, 6.07) is 5.51. The molecule has 0 radical (unpaired) electrons. The molecule has 1 atom stereocenters. The normalized spacial score (nSPS) is 12.4. The highest BCUT2D eigenvalue weighted by Crippen LogP contribution is 2.13. The molecular weight excluding hydrogens is 303 g/mol. The largest absolute Gasteiger partial charge is 0.444 e. The number of hydrogen-bond donors (Lipinski definition) is 2. The summed E-state index contributed by atoms with van der Waals surface area (Å²) < 4.78 is 18.2. The number of aliphatic hydroxyl groups is 1. The van der Waals surface area contributed by atoms with E-state index in [9.17, 15) is 19.1 Å². The van der Waals surface area contributed by atoms with Gasteiger partial charge in [0, 0.05) is 13.6 Å². The second-order valence-electron chi connectivity index (χ2n) is 6.21. The van der Waals surface area contributed by atoms with Gasteiger partial charge in [-0.2, -0.15) is 0 Å². The number of aliphatic hydroxyl groups excluding tert-OH is 1. The van der Waals surface area contributed by atoms with Gasteiger partial charge >= 0.3 is 6.09 Å². The van der Waals surface area contributed by atoms with Crippen LogP contribution in [0.1, 0.15) is 32.4 Å². The van der Waals surface area contributed by atoms with E-state index in [1.807, 2.05) is 0 Å². The molecule has 0 aromatic heterocycles. The zero-order chi connectivity index (χ0) is 17.6. The van der Waals surface area contributed by atoms with Crippen molar-refractivity contribution in [2.75, 3.05) is 20.1 Å². The van der Waals surface area contributed by atoms with Crippen molar-refractivity contribution >= 4 is 12.0 Å². The van der Waals surface area contributed by atoms with E-state index in [1.165, 1.54) is 25.2 Å². The topological polar surface area (TPSA) is 78.9 Å². The Bertz CT molecular complexity index is 557. The number of amides is 2. The van der Waals surface area contributed by atoms with E-state index in [2.05, 4.69) is 5.32 Å². The maximum atomic E-state index is 13.1. The first-order valence-electron chi connectivity index (χ1n) is 7.23. The average molecular weight is 326 g/mol. The van der Waals surface area contributed by atoms with Gasteiger partial charge < -0.3 is 20.1 Å². The van der Waals surface area contributed by atoms with Gasteiger partial charge in [0.2, 0.25) is 5.91 Å². The third-order valence-corrected chi connectivity index (χ3v) is 2.81. The molecule has 1 aromatic carbocycles. The summed E-state index contributed by atoms with van der Waals surface area (Å²) in [6.45, 7) is 4.91. The Hall–Kier alpha value is -2.15. The number of likely N-dealkylation sites (N-methyl/N-ethyl adjacent to an activating group) is 1. The summed E-state index contributed by atoms with van der Waals surface area (Å²) in [5.74, 6) is -0.911. The number of benzene rings is 1. The first kappa shape index (κ1) is 18.9. The molecule has 128 valence electrons. The molecule has 0 aliphatic rings. The molecule has 0 fully saturated rings. The Labute approximate surface area is 135 Å². The number of halogens is 1. The van der Waals surface area contributed by atoms with Crippen molar-refractivity contribution in [3.05, 3.63) is 35.6 Å². The summed E-state index contributed by atoms with van der Waals surface area (Å²) >= 11 is 0. The molecule has 1 rings (SSSR count). The van der Waals surface area contributed by atoms with E-state index < -0.39 is 29.5 Å². The second-order valence-corrected chi connectivity index (χ2v) is 6.21. The predicted octanol–water partition coefficient (Wildman–Crippen LogP) is 1.84. The monoisotopic (exact) mass is 326 g/mol. The van der Waals surface area contributed by atoms with Crippen LogP contribution in [0.25, 0.3) is 0 Å². The quantitative estimate of drug-likeness (QED) is 0.865. The number of hydrogen-bond acceptors (Lipinski definition) is 4. The van der Waals surface area contributed by atoms with Gasteiger partial charge in [-0.1, -0.05) is 12.1 Å². The van der Waals surface area contributed by atoms with E-state index in [1.54, 1.807) is 26.8 Å². The SMILES string of the molecule is CN(CC(=O)NCC(O)c1cccc(F)c1)C(=O)OC(C)(C)C. The minimum atomic E-state index is -1.03. The summed E-state index contributed by atoms with van der Waals surface area (Å²) in [5, 5.41) is 12.4. The Morgan fingerprint density at radius 3 is 2.61 bits per heavy atom. The number of nitrogens with zero attached hydrogens (tertiary/aromatic N) is 1. The van der Waals surface area contributed by atoms with Crippen molar-refractivity contribution in [3.63, 3.8) is 0 Å². The molecule has 7 heteroatoms. The number of nitrogens with one attached hydrogen (secondary N) is 1. The molecule has 0 saturated carbocycles. The van der Waals surface area contributed by atoms with Gasteiger partial charge in [0.25, 0.3) is 0 Å². The van der Waals surface area contributed by atoms with Crippen molar-refractivity contribution in [3.8, 4) is 0 Å². The first-order chi connectivity index (χ1) is 10.6. The number of carbonyl (C=O) groups excluding carboxylic acids is 2. The van der Waals surface area contributed by atoms with Crippen LogP contribution in [0.3, 0.4) is 0 Å². The maximum absolute atomic E-state index is 13.1. The predicted molar refractivity (Wildman–Crippen MR) is 83.2 cm³/mol. The van der Waals surface area contributed by atoms with E-state index in [4.69, 9.17) is 4.74 Å². The van der Waals surface area contributed by atoms with Crippen molar-refractivity contribution < 1.29 is 23.8 Å². The minimum absolute atomic E-state index is 0.0789. The fourth-order valence-corrected chi connectivity index (χ4v) is 1.72. The maximum Gasteiger partial charge on any atom is 0.410 e. The highest BCUT2D eigenvalue weighted by Gasteiger charge is 2.21. The van der Waals surface area contributed by atoms with Crippen molar-refractivity contribution in [2.24, 2.45) is 0 Å². The summed E-state index contributed by atoms with van der Waals surface area (Å²) in [6.07, 6.45) is -1.64. The third-order valence-electron chi connectivity index (χ3n) is 2.81.